The van der Waals surface area contributed by atoms with Gasteiger partial charge in [-0.1, -0.05) is 26.2 Å². The quantitative estimate of drug-likeness (QED) is 0.348. The maximum atomic E-state index is 11.2. The Morgan fingerprint density at radius 1 is 1.39 bits per heavy atom. The summed E-state index contributed by atoms with van der Waals surface area (Å²) in [5, 5.41) is 10.5. The van der Waals surface area contributed by atoms with E-state index in [2.05, 4.69) is 12.0 Å². The fourth-order valence-corrected chi connectivity index (χ4v) is 3.23. The van der Waals surface area contributed by atoms with Crippen LogP contribution >= 0.6 is 11.3 Å². The van der Waals surface area contributed by atoms with Gasteiger partial charge in [-0.2, -0.15) is 5.10 Å². The summed E-state index contributed by atoms with van der Waals surface area (Å²) in [5.74, 6) is 5.35. The zero-order valence-corrected chi connectivity index (χ0v) is 12.1. The monoisotopic (exact) mass is 289 g/mol. The van der Waals surface area contributed by atoms with Crippen LogP contribution in [0.15, 0.2) is 20.8 Å². The fourth-order valence-electron chi connectivity index (χ4n) is 1.62. The van der Waals surface area contributed by atoms with Gasteiger partial charge in [-0.3, -0.25) is 0 Å². The Labute approximate surface area is 112 Å². The van der Waals surface area contributed by atoms with Crippen molar-refractivity contribution in [2.45, 2.75) is 43.2 Å². The van der Waals surface area contributed by atoms with Crippen molar-refractivity contribution in [3.8, 4) is 0 Å². The molecule has 0 aliphatic carbocycles. The van der Waals surface area contributed by atoms with Crippen molar-refractivity contribution in [1.82, 2.24) is 0 Å². The molecule has 1 rings (SSSR count). The molecule has 0 bridgehead atoms. The third-order valence-corrected chi connectivity index (χ3v) is 5.00. The number of nitrogens with zero attached hydrogens (tertiary/aromatic N) is 1. The molecule has 7 heteroatoms. The standard InChI is InChI=1S/C11H19N3O2S2/c1-2-3-4-5-6-10(14-12)9-7-11(17-8-9)18(13,15)16/h7-8H,2-6,12H2,1H3,(H2,13,15,16)/b14-10-. The molecular formula is C11H19N3O2S2. The molecule has 0 unspecified atom stereocenters. The third-order valence-electron chi connectivity index (χ3n) is 2.61. The van der Waals surface area contributed by atoms with Crippen LogP contribution in [0, 0.1) is 0 Å². The lowest BCUT2D eigenvalue weighted by Gasteiger charge is -2.02. The summed E-state index contributed by atoms with van der Waals surface area (Å²) in [4.78, 5) is 0. The van der Waals surface area contributed by atoms with E-state index in [-0.39, 0.29) is 4.21 Å². The van der Waals surface area contributed by atoms with Crippen molar-refractivity contribution < 1.29 is 8.42 Å². The maximum Gasteiger partial charge on any atom is 0.247 e. The number of thiophene rings is 1. The predicted molar refractivity (Wildman–Crippen MR) is 75.2 cm³/mol. The zero-order valence-electron chi connectivity index (χ0n) is 10.4. The fraction of sp³-hybridized carbons (Fsp3) is 0.545. The first-order chi connectivity index (χ1) is 8.49. The van der Waals surface area contributed by atoms with Gasteiger partial charge in [0.15, 0.2) is 0 Å². The number of rotatable bonds is 7. The van der Waals surface area contributed by atoms with Crippen molar-refractivity contribution in [1.29, 1.82) is 0 Å². The normalized spacial score (nSPS) is 12.9. The van der Waals surface area contributed by atoms with E-state index in [4.69, 9.17) is 11.0 Å². The van der Waals surface area contributed by atoms with Gasteiger partial charge in [0.05, 0.1) is 5.71 Å². The molecule has 102 valence electrons. The van der Waals surface area contributed by atoms with Crippen molar-refractivity contribution in [3.05, 3.63) is 17.0 Å². The number of nitrogens with two attached hydrogens (primary N) is 2. The maximum absolute atomic E-state index is 11.2. The molecule has 1 aromatic heterocycles. The average Bonchev–Trinajstić information content (AvgIpc) is 2.78. The van der Waals surface area contributed by atoms with Gasteiger partial charge in [0, 0.05) is 10.9 Å². The van der Waals surface area contributed by atoms with Gasteiger partial charge in [0.25, 0.3) is 0 Å². The summed E-state index contributed by atoms with van der Waals surface area (Å²) in [6, 6.07) is 1.53. The second kappa shape index (κ2) is 6.86. The second-order valence-corrected chi connectivity index (χ2v) is 6.79. The summed E-state index contributed by atoms with van der Waals surface area (Å²) in [7, 11) is -3.63. The van der Waals surface area contributed by atoms with Crippen LogP contribution < -0.4 is 11.0 Å². The van der Waals surface area contributed by atoms with Crippen LogP contribution in [0.1, 0.15) is 44.6 Å². The highest BCUT2D eigenvalue weighted by molar-refractivity contribution is 7.91. The Balaban J connectivity index is 2.69. The minimum Gasteiger partial charge on any atom is -0.323 e. The number of hydrogen-bond acceptors (Lipinski definition) is 5. The lowest BCUT2D eigenvalue weighted by atomic mass is 10.1. The zero-order chi connectivity index (χ0) is 13.6. The van der Waals surface area contributed by atoms with E-state index in [1.54, 1.807) is 5.38 Å². The highest BCUT2D eigenvalue weighted by atomic mass is 32.2. The Morgan fingerprint density at radius 2 is 2.11 bits per heavy atom. The largest absolute Gasteiger partial charge is 0.323 e. The molecule has 0 radical (unpaired) electrons. The topological polar surface area (TPSA) is 98.5 Å². The predicted octanol–water partition coefficient (Wildman–Crippen LogP) is 2.03. The first kappa shape index (κ1) is 15.1. The molecule has 0 atom stereocenters. The van der Waals surface area contributed by atoms with E-state index >= 15 is 0 Å². The summed E-state index contributed by atoms with van der Waals surface area (Å²) in [6.45, 7) is 2.15. The molecule has 0 spiro atoms. The minimum absolute atomic E-state index is 0.146. The van der Waals surface area contributed by atoms with Crippen LogP contribution in [0.25, 0.3) is 0 Å². The molecule has 0 aliphatic heterocycles. The van der Waals surface area contributed by atoms with Crippen LogP contribution in [0.3, 0.4) is 0 Å². The summed E-state index contributed by atoms with van der Waals surface area (Å²) in [6.07, 6.45) is 5.25. The number of hydrazone groups is 1. The summed E-state index contributed by atoms with van der Waals surface area (Å²) in [5.41, 5.74) is 1.49. The number of unbranched alkanes of at least 4 members (excludes halogenated alkanes) is 3. The molecule has 18 heavy (non-hydrogen) atoms. The lowest BCUT2D eigenvalue weighted by molar-refractivity contribution is 0.600. The molecular weight excluding hydrogens is 270 g/mol. The molecule has 5 nitrogen and oxygen atoms in total. The van der Waals surface area contributed by atoms with Crippen molar-refractivity contribution in [2.75, 3.05) is 0 Å². The van der Waals surface area contributed by atoms with Gasteiger partial charge in [0.2, 0.25) is 10.0 Å². The Morgan fingerprint density at radius 3 is 2.61 bits per heavy atom. The van der Waals surface area contributed by atoms with E-state index in [0.29, 0.717) is 0 Å². The minimum atomic E-state index is -3.63. The highest BCUT2D eigenvalue weighted by Gasteiger charge is 2.13. The van der Waals surface area contributed by atoms with Crippen molar-refractivity contribution in [3.63, 3.8) is 0 Å². The van der Waals surface area contributed by atoms with Crippen LogP contribution in [-0.4, -0.2) is 14.1 Å². The number of sulfonamides is 1. The highest BCUT2D eigenvalue weighted by Crippen LogP contribution is 2.21. The van der Waals surface area contributed by atoms with Gasteiger partial charge in [-0.25, -0.2) is 13.6 Å². The Kier molecular flexibility index (Phi) is 5.77. The molecule has 4 N–H and O–H groups in total. The molecule has 1 aromatic rings. The molecule has 0 aliphatic rings. The smallest absolute Gasteiger partial charge is 0.247 e. The summed E-state index contributed by atoms with van der Waals surface area (Å²) < 4.78 is 22.5. The molecule has 0 amide bonds. The summed E-state index contributed by atoms with van der Waals surface area (Å²) >= 11 is 1.09. The SMILES string of the molecule is CCCCCC/C(=N/N)c1csc(S(N)(=O)=O)c1. The van der Waals surface area contributed by atoms with Crippen LogP contribution in [0.5, 0.6) is 0 Å². The van der Waals surface area contributed by atoms with E-state index < -0.39 is 10.0 Å². The lowest BCUT2D eigenvalue weighted by Crippen LogP contribution is -2.10. The molecule has 0 saturated heterocycles. The van der Waals surface area contributed by atoms with Crippen LogP contribution in [0.4, 0.5) is 0 Å². The van der Waals surface area contributed by atoms with Gasteiger partial charge >= 0.3 is 0 Å². The average molecular weight is 289 g/mol. The van der Waals surface area contributed by atoms with E-state index in [1.807, 2.05) is 0 Å². The third kappa shape index (κ3) is 4.40. The van der Waals surface area contributed by atoms with E-state index in [9.17, 15) is 8.42 Å². The first-order valence-corrected chi connectivity index (χ1v) is 8.30. The number of primary sulfonamides is 1. The van der Waals surface area contributed by atoms with E-state index in [1.165, 1.54) is 18.9 Å². The van der Waals surface area contributed by atoms with Crippen LogP contribution in [0.2, 0.25) is 0 Å². The molecule has 0 aromatic carbocycles. The van der Waals surface area contributed by atoms with Crippen molar-refractivity contribution in [2.24, 2.45) is 16.1 Å². The first-order valence-electron chi connectivity index (χ1n) is 5.87. The van der Waals surface area contributed by atoms with Gasteiger partial charge in [-0.05, 0) is 18.9 Å². The second-order valence-electron chi connectivity index (χ2n) is 4.09. The molecule has 1 heterocycles. The van der Waals surface area contributed by atoms with Gasteiger partial charge in [-0.15, -0.1) is 11.3 Å². The molecule has 0 fully saturated rings. The Hall–Kier alpha value is -0.920. The molecule has 0 saturated carbocycles. The van der Waals surface area contributed by atoms with E-state index in [0.717, 1.165) is 41.9 Å². The van der Waals surface area contributed by atoms with Crippen molar-refractivity contribution >= 4 is 27.1 Å². The van der Waals surface area contributed by atoms with Gasteiger partial charge in [0.1, 0.15) is 4.21 Å². The van der Waals surface area contributed by atoms with Crippen LogP contribution in [-0.2, 0) is 10.0 Å². The number of hydrogen-bond donors (Lipinski definition) is 2. The Bertz CT molecular complexity index is 506. The van der Waals surface area contributed by atoms with Gasteiger partial charge < -0.3 is 5.84 Å².